The zero-order valence-electron chi connectivity index (χ0n) is 8.98. The topological polar surface area (TPSA) is 38.9 Å². The monoisotopic (exact) mass is 252 g/mol. The third-order valence-electron chi connectivity index (χ3n) is 2.41. The van der Waals surface area contributed by atoms with E-state index in [0.717, 1.165) is 16.5 Å². The van der Waals surface area contributed by atoms with Gasteiger partial charge in [-0.15, -0.1) is 11.3 Å². The number of nitrogens with two attached hydrogens (primary N) is 1. The molecule has 2 rings (SSSR count). The summed E-state index contributed by atoms with van der Waals surface area (Å²) < 4.78 is 0. The molecule has 0 aliphatic heterocycles. The SMILES string of the molecule is CC(N)(Cc1ccc(Cl)cc1)c1nccs1. The van der Waals surface area contributed by atoms with Crippen molar-refractivity contribution in [3.63, 3.8) is 0 Å². The number of aromatic nitrogens is 1. The average molecular weight is 253 g/mol. The molecule has 1 heterocycles. The Balaban J connectivity index is 2.18. The molecule has 1 unspecified atom stereocenters. The lowest BCUT2D eigenvalue weighted by molar-refractivity contribution is 0.488. The largest absolute Gasteiger partial charge is 0.319 e. The highest BCUT2D eigenvalue weighted by Gasteiger charge is 2.24. The van der Waals surface area contributed by atoms with Gasteiger partial charge in [-0.25, -0.2) is 4.98 Å². The first-order chi connectivity index (χ1) is 7.58. The lowest BCUT2D eigenvalue weighted by atomic mass is 9.95. The predicted octanol–water partition coefficient (Wildman–Crippen LogP) is 3.21. The van der Waals surface area contributed by atoms with Crippen LogP contribution in [-0.4, -0.2) is 4.98 Å². The Hall–Kier alpha value is -0.900. The van der Waals surface area contributed by atoms with Gasteiger partial charge in [0.25, 0.3) is 0 Å². The van der Waals surface area contributed by atoms with Crippen LogP contribution in [0.5, 0.6) is 0 Å². The van der Waals surface area contributed by atoms with E-state index in [1.54, 1.807) is 17.5 Å². The lowest BCUT2D eigenvalue weighted by Crippen LogP contribution is -2.35. The molecular formula is C12H13ClN2S. The number of thiazole rings is 1. The maximum Gasteiger partial charge on any atom is 0.112 e. The van der Waals surface area contributed by atoms with E-state index in [1.165, 1.54) is 5.56 Å². The van der Waals surface area contributed by atoms with E-state index in [-0.39, 0.29) is 0 Å². The molecule has 0 radical (unpaired) electrons. The second-order valence-electron chi connectivity index (χ2n) is 4.06. The number of rotatable bonds is 3. The van der Waals surface area contributed by atoms with Crippen molar-refractivity contribution in [2.24, 2.45) is 5.73 Å². The lowest BCUT2D eigenvalue weighted by Gasteiger charge is -2.22. The van der Waals surface area contributed by atoms with Crippen LogP contribution in [0.2, 0.25) is 5.02 Å². The van der Waals surface area contributed by atoms with Gasteiger partial charge in [0.2, 0.25) is 0 Å². The van der Waals surface area contributed by atoms with Gasteiger partial charge in [0, 0.05) is 16.6 Å². The quantitative estimate of drug-likeness (QED) is 0.911. The minimum absolute atomic E-state index is 0.415. The van der Waals surface area contributed by atoms with Crippen LogP contribution in [0, 0.1) is 0 Å². The molecule has 1 atom stereocenters. The standard InChI is InChI=1S/C12H13ClN2S/c1-12(14,11-15-6-7-16-11)8-9-2-4-10(13)5-3-9/h2-7H,8,14H2,1H3. The van der Waals surface area contributed by atoms with Crippen molar-refractivity contribution in [3.05, 3.63) is 51.4 Å². The smallest absolute Gasteiger partial charge is 0.112 e. The molecule has 2 aromatic rings. The molecule has 2 N–H and O–H groups in total. The molecule has 0 saturated heterocycles. The number of halogens is 1. The Morgan fingerprint density at radius 1 is 1.38 bits per heavy atom. The minimum atomic E-state index is -0.415. The molecule has 0 spiro atoms. The van der Waals surface area contributed by atoms with Crippen LogP contribution < -0.4 is 5.73 Å². The van der Waals surface area contributed by atoms with Crippen molar-refractivity contribution in [3.8, 4) is 0 Å². The summed E-state index contributed by atoms with van der Waals surface area (Å²) in [6, 6.07) is 7.77. The summed E-state index contributed by atoms with van der Waals surface area (Å²) in [6.45, 7) is 2.00. The summed E-state index contributed by atoms with van der Waals surface area (Å²) in [4.78, 5) is 4.27. The third kappa shape index (κ3) is 2.61. The van der Waals surface area contributed by atoms with Gasteiger partial charge in [-0.1, -0.05) is 23.7 Å². The van der Waals surface area contributed by atoms with Crippen LogP contribution in [0.1, 0.15) is 17.5 Å². The van der Waals surface area contributed by atoms with Crippen LogP contribution in [0.15, 0.2) is 35.8 Å². The Morgan fingerprint density at radius 2 is 2.06 bits per heavy atom. The van der Waals surface area contributed by atoms with Crippen molar-refractivity contribution in [2.75, 3.05) is 0 Å². The average Bonchev–Trinajstić information content (AvgIpc) is 2.75. The van der Waals surface area contributed by atoms with Crippen LogP contribution in [-0.2, 0) is 12.0 Å². The van der Waals surface area contributed by atoms with Crippen molar-refractivity contribution < 1.29 is 0 Å². The van der Waals surface area contributed by atoms with Gasteiger partial charge in [0.05, 0.1) is 5.54 Å². The second kappa shape index (κ2) is 4.53. The molecular weight excluding hydrogens is 240 g/mol. The molecule has 0 saturated carbocycles. The van der Waals surface area contributed by atoms with E-state index in [9.17, 15) is 0 Å². The van der Waals surface area contributed by atoms with E-state index in [4.69, 9.17) is 17.3 Å². The van der Waals surface area contributed by atoms with Crippen molar-refractivity contribution in [2.45, 2.75) is 18.9 Å². The number of hydrogen-bond acceptors (Lipinski definition) is 3. The fourth-order valence-corrected chi connectivity index (χ4v) is 2.45. The number of benzene rings is 1. The van der Waals surface area contributed by atoms with Crippen LogP contribution in [0.4, 0.5) is 0 Å². The van der Waals surface area contributed by atoms with Gasteiger partial charge in [0.15, 0.2) is 0 Å². The van der Waals surface area contributed by atoms with E-state index >= 15 is 0 Å². The van der Waals surface area contributed by atoms with E-state index in [2.05, 4.69) is 4.98 Å². The minimum Gasteiger partial charge on any atom is -0.319 e. The molecule has 0 aliphatic rings. The molecule has 4 heteroatoms. The zero-order chi connectivity index (χ0) is 11.6. The van der Waals surface area contributed by atoms with Gasteiger partial charge < -0.3 is 5.73 Å². The van der Waals surface area contributed by atoms with Gasteiger partial charge in [0.1, 0.15) is 5.01 Å². The van der Waals surface area contributed by atoms with Gasteiger partial charge in [-0.2, -0.15) is 0 Å². The molecule has 0 bridgehead atoms. The highest BCUT2D eigenvalue weighted by molar-refractivity contribution is 7.09. The number of nitrogens with zero attached hydrogens (tertiary/aromatic N) is 1. The zero-order valence-corrected chi connectivity index (χ0v) is 10.6. The van der Waals surface area contributed by atoms with Crippen molar-refractivity contribution >= 4 is 22.9 Å². The molecule has 0 amide bonds. The fraction of sp³-hybridized carbons (Fsp3) is 0.250. The Kier molecular flexibility index (Phi) is 3.28. The Morgan fingerprint density at radius 3 is 2.62 bits per heavy atom. The third-order valence-corrected chi connectivity index (χ3v) is 3.71. The molecule has 1 aromatic heterocycles. The van der Waals surface area contributed by atoms with E-state index in [0.29, 0.717) is 0 Å². The maximum atomic E-state index is 6.27. The summed E-state index contributed by atoms with van der Waals surface area (Å²) in [6.07, 6.45) is 2.55. The first kappa shape index (κ1) is 11.6. The molecule has 2 nitrogen and oxygen atoms in total. The summed E-state index contributed by atoms with van der Waals surface area (Å²) in [5, 5.41) is 3.65. The summed E-state index contributed by atoms with van der Waals surface area (Å²) in [7, 11) is 0. The summed E-state index contributed by atoms with van der Waals surface area (Å²) in [5.74, 6) is 0. The fourth-order valence-electron chi connectivity index (χ4n) is 1.61. The number of hydrogen-bond donors (Lipinski definition) is 1. The maximum absolute atomic E-state index is 6.27. The predicted molar refractivity (Wildman–Crippen MR) is 68.8 cm³/mol. The normalized spacial score (nSPS) is 14.7. The summed E-state index contributed by atoms with van der Waals surface area (Å²) in [5.41, 5.74) is 7.02. The van der Waals surface area contributed by atoms with Crippen LogP contribution in [0.25, 0.3) is 0 Å². The molecule has 0 fully saturated rings. The molecule has 1 aromatic carbocycles. The highest BCUT2D eigenvalue weighted by Crippen LogP contribution is 2.24. The first-order valence-corrected chi connectivity index (χ1v) is 6.27. The highest BCUT2D eigenvalue weighted by atomic mass is 35.5. The van der Waals surface area contributed by atoms with Crippen LogP contribution >= 0.6 is 22.9 Å². The molecule has 84 valence electrons. The van der Waals surface area contributed by atoms with Gasteiger partial charge >= 0.3 is 0 Å². The van der Waals surface area contributed by atoms with E-state index < -0.39 is 5.54 Å². The molecule has 0 aliphatic carbocycles. The van der Waals surface area contributed by atoms with Crippen molar-refractivity contribution in [1.82, 2.24) is 4.98 Å². The van der Waals surface area contributed by atoms with Gasteiger partial charge in [-0.3, -0.25) is 0 Å². The summed E-state index contributed by atoms with van der Waals surface area (Å²) >= 11 is 7.43. The second-order valence-corrected chi connectivity index (χ2v) is 5.39. The van der Waals surface area contributed by atoms with Gasteiger partial charge in [-0.05, 0) is 31.0 Å². The molecule has 16 heavy (non-hydrogen) atoms. The van der Waals surface area contributed by atoms with Crippen LogP contribution in [0.3, 0.4) is 0 Å². The van der Waals surface area contributed by atoms with Crippen molar-refractivity contribution in [1.29, 1.82) is 0 Å². The first-order valence-electron chi connectivity index (χ1n) is 5.01. The van der Waals surface area contributed by atoms with E-state index in [1.807, 2.05) is 36.6 Å². The Labute approximate surface area is 104 Å². The Bertz CT molecular complexity index is 448.